The van der Waals surface area contributed by atoms with Gasteiger partial charge in [-0.05, 0) is 6.92 Å². The Kier molecular flexibility index (Phi) is 6.27. The van der Waals surface area contributed by atoms with Crippen LogP contribution in [0.25, 0.3) is 0 Å². The van der Waals surface area contributed by atoms with E-state index < -0.39 is 17.9 Å². The van der Waals surface area contributed by atoms with Crippen molar-refractivity contribution in [2.24, 2.45) is 0 Å². The summed E-state index contributed by atoms with van der Waals surface area (Å²) in [5.41, 5.74) is 0. The minimum absolute atomic E-state index is 0.318. The van der Waals surface area contributed by atoms with Crippen molar-refractivity contribution in [1.82, 2.24) is 10.2 Å². The van der Waals surface area contributed by atoms with Crippen LogP contribution in [0.15, 0.2) is 24.8 Å². The molecule has 0 saturated heterocycles. The smallest absolute Gasteiger partial charge is 0.328 e. The molecule has 6 nitrogen and oxygen atoms in total. The van der Waals surface area contributed by atoms with Gasteiger partial charge in [-0.25, -0.2) is 9.59 Å². The SMILES string of the molecule is C=CCN(CC)C(=O)NC(=O)/C=C/C(=O)O. The maximum atomic E-state index is 11.4. The summed E-state index contributed by atoms with van der Waals surface area (Å²) in [5.74, 6) is -2.02. The molecule has 0 rings (SSSR count). The van der Waals surface area contributed by atoms with Crippen LogP contribution in [0.1, 0.15) is 6.92 Å². The summed E-state index contributed by atoms with van der Waals surface area (Å²) in [6, 6.07) is -0.581. The standard InChI is InChI=1S/C10H14N2O4/c1-3-7-12(4-2)10(16)11-8(13)5-6-9(14)15/h3,5-6H,1,4,7H2,2H3,(H,14,15)(H,11,13,16)/b6-5+. The second kappa shape index (κ2) is 7.22. The van der Waals surface area contributed by atoms with Gasteiger partial charge in [-0.15, -0.1) is 6.58 Å². The molecular formula is C10H14N2O4. The number of carboxylic acids is 1. The lowest BCUT2D eigenvalue weighted by Gasteiger charge is -2.18. The summed E-state index contributed by atoms with van der Waals surface area (Å²) < 4.78 is 0. The van der Waals surface area contributed by atoms with Gasteiger partial charge in [0.15, 0.2) is 0 Å². The van der Waals surface area contributed by atoms with E-state index in [0.717, 1.165) is 6.08 Å². The summed E-state index contributed by atoms with van der Waals surface area (Å²) >= 11 is 0. The second-order valence-electron chi connectivity index (χ2n) is 2.79. The number of carbonyl (C=O) groups is 3. The summed E-state index contributed by atoms with van der Waals surface area (Å²) in [7, 11) is 0. The molecule has 0 aliphatic carbocycles. The normalized spacial score (nSPS) is 9.81. The first-order valence-corrected chi connectivity index (χ1v) is 4.63. The number of amides is 3. The highest BCUT2D eigenvalue weighted by atomic mass is 16.4. The molecule has 0 unspecified atom stereocenters. The van der Waals surface area contributed by atoms with Crippen LogP contribution in [0, 0.1) is 0 Å². The minimum Gasteiger partial charge on any atom is -0.478 e. The van der Waals surface area contributed by atoms with Crippen LogP contribution in [0.5, 0.6) is 0 Å². The zero-order chi connectivity index (χ0) is 12.6. The predicted molar refractivity (Wildman–Crippen MR) is 57.8 cm³/mol. The highest BCUT2D eigenvalue weighted by molar-refractivity contribution is 6.02. The van der Waals surface area contributed by atoms with Gasteiger partial charge < -0.3 is 10.0 Å². The fraction of sp³-hybridized carbons (Fsp3) is 0.300. The molecule has 0 aromatic heterocycles. The third-order valence-corrected chi connectivity index (χ3v) is 1.63. The minimum atomic E-state index is -1.25. The molecular weight excluding hydrogens is 212 g/mol. The lowest BCUT2D eigenvalue weighted by atomic mass is 10.4. The number of rotatable bonds is 5. The number of hydrogen-bond acceptors (Lipinski definition) is 3. The molecule has 88 valence electrons. The molecule has 6 heteroatoms. The Morgan fingerprint density at radius 1 is 1.38 bits per heavy atom. The van der Waals surface area contributed by atoms with Gasteiger partial charge in [0.2, 0.25) is 0 Å². The molecule has 0 fully saturated rings. The quantitative estimate of drug-likeness (QED) is 0.523. The molecule has 16 heavy (non-hydrogen) atoms. The first-order valence-electron chi connectivity index (χ1n) is 4.63. The Hall–Kier alpha value is -2.11. The van der Waals surface area contributed by atoms with Crippen molar-refractivity contribution in [3.05, 3.63) is 24.8 Å². The lowest BCUT2D eigenvalue weighted by molar-refractivity contribution is -0.131. The Bertz CT molecular complexity index is 323. The van der Waals surface area contributed by atoms with E-state index in [1.807, 2.05) is 5.32 Å². The molecule has 0 saturated carbocycles. The molecule has 0 aromatic rings. The number of nitrogens with zero attached hydrogens (tertiary/aromatic N) is 1. The highest BCUT2D eigenvalue weighted by Gasteiger charge is 2.11. The maximum Gasteiger partial charge on any atom is 0.328 e. The predicted octanol–water partition coefficient (Wildman–Crippen LogP) is 0.371. The van der Waals surface area contributed by atoms with Crippen LogP contribution >= 0.6 is 0 Å². The average Bonchev–Trinajstić information content (AvgIpc) is 2.22. The van der Waals surface area contributed by atoms with Crippen LogP contribution < -0.4 is 5.32 Å². The van der Waals surface area contributed by atoms with Gasteiger partial charge in [-0.3, -0.25) is 10.1 Å². The van der Waals surface area contributed by atoms with Crippen LogP contribution in [-0.4, -0.2) is 41.0 Å². The maximum absolute atomic E-state index is 11.4. The molecule has 0 aromatic carbocycles. The number of hydrogen-bond donors (Lipinski definition) is 2. The van der Waals surface area contributed by atoms with Gasteiger partial charge in [-0.1, -0.05) is 6.08 Å². The first kappa shape index (κ1) is 13.9. The van der Waals surface area contributed by atoms with Crippen LogP contribution in [0.4, 0.5) is 4.79 Å². The van der Waals surface area contributed by atoms with Crippen molar-refractivity contribution in [1.29, 1.82) is 0 Å². The third kappa shape index (κ3) is 5.58. The number of urea groups is 1. The van der Waals surface area contributed by atoms with Crippen molar-refractivity contribution in [3.63, 3.8) is 0 Å². The molecule has 0 spiro atoms. The zero-order valence-corrected chi connectivity index (χ0v) is 8.97. The average molecular weight is 226 g/mol. The Labute approximate surface area is 93.2 Å². The van der Waals surface area contributed by atoms with E-state index in [2.05, 4.69) is 6.58 Å². The number of nitrogens with one attached hydrogen (secondary N) is 1. The van der Waals surface area contributed by atoms with E-state index in [-0.39, 0.29) is 0 Å². The van der Waals surface area contributed by atoms with Gasteiger partial charge in [0.05, 0.1) is 0 Å². The van der Waals surface area contributed by atoms with E-state index in [4.69, 9.17) is 5.11 Å². The summed E-state index contributed by atoms with van der Waals surface area (Å²) in [5, 5.41) is 10.3. The van der Waals surface area contributed by atoms with Gasteiger partial charge in [0.25, 0.3) is 5.91 Å². The molecule has 0 bridgehead atoms. The Balaban J connectivity index is 4.26. The number of carbonyl (C=O) groups excluding carboxylic acids is 2. The van der Waals surface area contributed by atoms with E-state index in [1.165, 1.54) is 11.0 Å². The topological polar surface area (TPSA) is 86.7 Å². The Morgan fingerprint density at radius 2 is 2.00 bits per heavy atom. The number of aliphatic carboxylic acids is 1. The molecule has 0 aliphatic heterocycles. The molecule has 2 N–H and O–H groups in total. The van der Waals surface area contributed by atoms with Crippen LogP contribution in [-0.2, 0) is 9.59 Å². The van der Waals surface area contributed by atoms with Gasteiger partial charge >= 0.3 is 12.0 Å². The number of carboxylic acid groups (broad SMARTS) is 1. The van der Waals surface area contributed by atoms with Crippen molar-refractivity contribution >= 4 is 17.9 Å². The number of imide groups is 1. The lowest BCUT2D eigenvalue weighted by Crippen LogP contribution is -2.42. The fourth-order valence-electron chi connectivity index (χ4n) is 0.885. The molecule has 0 heterocycles. The third-order valence-electron chi connectivity index (χ3n) is 1.63. The highest BCUT2D eigenvalue weighted by Crippen LogP contribution is 1.89. The van der Waals surface area contributed by atoms with Crippen molar-refractivity contribution in [3.8, 4) is 0 Å². The van der Waals surface area contributed by atoms with E-state index in [9.17, 15) is 14.4 Å². The molecule has 0 aliphatic rings. The molecule has 3 amide bonds. The largest absolute Gasteiger partial charge is 0.478 e. The van der Waals surface area contributed by atoms with Crippen LogP contribution in [0.3, 0.4) is 0 Å². The summed E-state index contributed by atoms with van der Waals surface area (Å²) in [6.07, 6.45) is 2.97. The van der Waals surface area contributed by atoms with E-state index in [1.54, 1.807) is 6.92 Å². The van der Waals surface area contributed by atoms with Crippen molar-refractivity contribution in [2.75, 3.05) is 13.1 Å². The molecule has 0 radical (unpaired) electrons. The van der Waals surface area contributed by atoms with Gasteiger partial charge in [0.1, 0.15) is 0 Å². The fourth-order valence-corrected chi connectivity index (χ4v) is 0.885. The summed E-state index contributed by atoms with van der Waals surface area (Å²) in [4.78, 5) is 33.9. The van der Waals surface area contributed by atoms with E-state index in [0.29, 0.717) is 19.2 Å². The van der Waals surface area contributed by atoms with Gasteiger partial charge in [-0.2, -0.15) is 0 Å². The first-order chi connectivity index (χ1) is 7.51. The number of likely N-dealkylation sites (N-methyl/N-ethyl adjacent to an activating group) is 1. The summed E-state index contributed by atoms with van der Waals surface area (Å²) in [6.45, 7) is 5.96. The second-order valence-corrected chi connectivity index (χ2v) is 2.79. The monoisotopic (exact) mass is 226 g/mol. The van der Waals surface area contributed by atoms with E-state index >= 15 is 0 Å². The zero-order valence-electron chi connectivity index (χ0n) is 8.97. The Morgan fingerprint density at radius 3 is 2.44 bits per heavy atom. The van der Waals surface area contributed by atoms with Crippen molar-refractivity contribution < 1.29 is 19.5 Å². The molecule has 0 atom stereocenters. The van der Waals surface area contributed by atoms with Crippen LogP contribution in [0.2, 0.25) is 0 Å². The van der Waals surface area contributed by atoms with Crippen molar-refractivity contribution in [2.45, 2.75) is 6.92 Å². The van der Waals surface area contributed by atoms with Gasteiger partial charge in [0, 0.05) is 25.2 Å².